The molecule has 0 saturated carbocycles. The minimum atomic E-state index is 0.0521. The predicted molar refractivity (Wildman–Crippen MR) is 94.0 cm³/mol. The number of nitrogens with zero attached hydrogens (tertiary/aromatic N) is 3. The average molecular weight is 335 g/mol. The lowest BCUT2D eigenvalue weighted by molar-refractivity contribution is -0.133. The molecule has 1 atom stereocenters. The van der Waals surface area contributed by atoms with Crippen LogP contribution in [0, 0.1) is 19.8 Å². The summed E-state index contributed by atoms with van der Waals surface area (Å²) in [5.74, 6) is 1.92. The van der Waals surface area contributed by atoms with Crippen molar-refractivity contribution in [3.05, 3.63) is 17.0 Å². The van der Waals surface area contributed by atoms with Gasteiger partial charge in [0.05, 0.1) is 5.69 Å². The highest BCUT2D eigenvalue weighted by atomic mass is 16.5. The van der Waals surface area contributed by atoms with Crippen LogP contribution < -0.4 is 10.6 Å². The van der Waals surface area contributed by atoms with Crippen LogP contribution in [0.4, 0.5) is 0 Å². The van der Waals surface area contributed by atoms with Crippen molar-refractivity contribution in [2.24, 2.45) is 10.9 Å². The van der Waals surface area contributed by atoms with E-state index in [1.807, 2.05) is 32.6 Å². The fourth-order valence-electron chi connectivity index (χ4n) is 3.00. The van der Waals surface area contributed by atoms with Gasteiger partial charge in [-0.25, -0.2) is 0 Å². The van der Waals surface area contributed by atoms with Gasteiger partial charge in [0.2, 0.25) is 5.91 Å². The molecule has 0 spiro atoms. The van der Waals surface area contributed by atoms with Gasteiger partial charge >= 0.3 is 0 Å². The molecule has 1 unspecified atom stereocenters. The summed E-state index contributed by atoms with van der Waals surface area (Å²) in [5.41, 5.74) is 2.09. The Balaban J connectivity index is 1.78. The Morgan fingerprint density at radius 3 is 2.79 bits per heavy atom. The summed E-state index contributed by atoms with van der Waals surface area (Å²) < 4.78 is 5.18. The Hall–Kier alpha value is -2.05. The summed E-state index contributed by atoms with van der Waals surface area (Å²) >= 11 is 0. The third-order valence-corrected chi connectivity index (χ3v) is 4.41. The van der Waals surface area contributed by atoms with Crippen molar-refractivity contribution in [3.8, 4) is 0 Å². The molecule has 1 aliphatic heterocycles. The van der Waals surface area contributed by atoms with E-state index in [1.54, 1.807) is 7.05 Å². The number of guanidine groups is 1. The number of aryl methyl sites for hydroxylation is 2. The number of aromatic nitrogens is 1. The van der Waals surface area contributed by atoms with Gasteiger partial charge in [0, 0.05) is 44.2 Å². The van der Waals surface area contributed by atoms with Crippen molar-refractivity contribution in [1.29, 1.82) is 0 Å². The number of aliphatic imine (C=N–C) groups is 1. The van der Waals surface area contributed by atoms with E-state index in [9.17, 15) is 4.79 Å². The number of nitrogens with one attached hydrogen (secondary N) is 2. The third kappa shape index (κ3) is 4.49. The Morgan fingerprint density at radius 2 is 2.21 bits per heavy atom. The molecule has 134 valence electrons. The van der Waals surface area contributed by atoms with Crippen molar-refractivity contribution in [3.63, 3.8) is 0 Å². The summed E-state index contributed by atoms with van der Waals surface area (Å²) in [6.45, 7) is 10.1. The van der Waals surface area contributed by atoms with Gasteiger partial charge < -0.3 is 20.1 Å². The second-order valence-electron chi connectivity index (χ2n) is 6.62. The SMILES string of the molecule is CN=C(NCCc1c(C)noc1C)NC1CCN(C(=O)C(C)C)C1. The van der Waals surface area contributed by atoms with Crippen molar-refractivity contribution in [2.45, 2.75) is 46.6 Å². The predicted octanol–water partition coefficient (Wildman–Crippen LogP) is 1.26. The summed E-state index contributed by atoms with van der Waals surface area (Å²) in [4.78, 5) is 18.3. The highest BCUT2D eigenvalue weighted by Crippen LogP contribution is 2.13. The van der Waals surface area contributed by atoms with Crippen LogP contribution >= 0.6 is 0 Å². The minimum Gasteiger partial charge on any atom is -0.361 e. The topological polar surface area (TPSA) is 82.8 Å². The Bertz CT molecular complexity index is 574. The van der Waals surface area contributed by atoms with E-state index in [-0.39, 0.29) is 17.9 Å². The fraction of sp³-hybridized carbons (Fsp3) is 0.706. The standard InChI is InChI=1S/C17H29N5O2/c1-11(2)16(23)22-9-7-14(10-22)20-17(18-5)19-8-6-15-12(3)21-24-13(15)4/h11,14H,6-10H2,1-5H3,(H2,18,19,20). The summed E-state index contributed by atoms with van der Waals surface area (Å²) in [7, 11) is 1.76. The number of hydrogen-bond acceptors (Lipinski definition) is 4. The lowest BCUT2D eigenvalue weighted by Gasteiger charge is -2.20. The zero-order chi connectivity index (χ0) is 17.7. The first-order valence-corrected chi connectivity index (χ1v) is 8.60. The number of hydrogen-bond donors (Lipinski definition) is 2. The van der Waals surface area contributed by atoms with Crippen molar-refractivity contribution in [2.75, 3.05) is 26.7 Å². The molecule has 1 aromatic rings. The lowest BCUT2D eigenvalue weighted by Crippen LogP contribution is -2.45. The first-order chi connectivity index (χ1) is 11.4. The van der Waals surface area contributed by atoms with Gasteiger partial charge in [-0.05, 0) is 26.7 Å². The molecule has 1 fully saturated rings. The normalized spacial score (nSPS) is 18.3. The largest absolute Gasteiger partial charge is 0.361 e. The number of carbonyl (C=O) groups excluding carboxylic acids is 1. The molecule has 7 nitrogen and oxygen atoms in total. The van der Waals surface area contributed by atoms with E-state index in [2.05, 4.69) is 20.8 Å². The average Bonchev–Trinajstić information content (AvgIpc) is 3.14. The van der Waals surface area contributed by atoms with E-state index in [0.717, 1.165) is 55.5 Å². The first kappa shape index (κ1) is 18.3. The van der Waals surface area contributed by atoms with Crippen LogP contribution in [0.15, 0.2) is 9.52 Å². The van der Waals surface area contributed by atoms with E-state index < -0.39 is 0 Å². The van der Waals surface area contributed by atoms with Crippen molar-refractivity contribution in [1.82, 2.24) is 20.7 Å². The Kier molecular flexibility index (Phi) is 6.23. The van der Waals surface area contributed by atoms with Gasteiger partial charge in [-0.2, -0.15) is 0 Å². The fourth-order valence-corrected chi connectivity index (χ4v) is 3.00. The van der Waals surface area contributed by atoms with Crippen LogP contribution in [0.1, 0.15) is 37.3 Å². The minimum absolute atomic E-state index is 0.0521. The van der Waals surface area contributed by atoms with Crippen LogP contribution in [0.3, 0.4) is 0 Å². The number of carbonyl (C=O) groups is 1. The second-order valence-corrected chi connectivity index (χ2v) is 6.62. The van der Waals surface area contributed by atoms with Gasteiger partial charge in [0.15, 0.2) is 5.96 Å². The van der Waals surface area contributed by atoms with Gasteiger partial charge in [0.25, 0.3) is 0 Å². The van der Waals surface area contributed by atoms with E-state index in [0.29, 0.717) is 0 Å². The molecule has 0 aromatic carbocycles. The molecule has 1 saturated heterocycles. The van der Waals surface area contributed by atoms with Gasteiger partial charge in [-0.1, -0.05) is 19.0 Å². The van der Waals surface area contributed by atoms with Crippen LogP contribution in [-0.4, -0.2) is 54.6 Å². The number of rotatable bonds is 5. The Labute approximate surface area is 143 Å². The highest BCUT2D eigenvalue weighted by Gasteiger charge is 2.27. The molecule has 24 heavy (non-hydrogen) atoms. The van der Waals surface area contributed by atoms with Crippen molar-refractivity contribution >= 4 is 11.9 Å². The van der Waals surface area contributed by atoms with Crippen LogP contribution in [0.2, 0.25) is 0 Å². The zero-order valence-electron chi connectivity index (χ0n) is 15.3. The molecular weight excluding hydrogens is 306 g/mol. The van der Waals surface area contributed by atoms with E-state index >= 15 is 0 Å². The van der Waals surface area contributed by atoms with E-state index in [1.165, 1.54) is 0 Å². The highest BCUT2D eigenvalue weighted by molar-refractivity contribution is 5.81. The first-order valence-electron chi connectivity index (χ1n) is 8.60. The molecule has 2 heterocycles. The van der Waals surface area contributed by atoms with Crippen LogP contribution in [0.5, 0.6) is 0 Å². The molecule has 0 radical (unpaired) electrons. The molecule has 1 aromatic heterocycles. The van der Waals surface area contributed by atoms with Gasteiger partial charge in [0.1, 0.15) is 5.76 Å². The van der Waals surface area contributed by atoms with Crippen LogP contribution in [0.25, 0.3) is 0 Å². The van der Waals surface area contributed by atoms with Crippen LogP contribution in [-0.2, 0) is 11.2 Å². The number of amides is 1. The second kappa shape index (κ2) is 8.17. The molecule has 7 heteroatoms. The smallest absolute Gasteiger partial charge is 0.225 e. The summed E-state index contributed by atoms with van der Waals surface area (Å²) in [6.07, 6.45) is 1.79. The Morgan fingerprint density at radius 1 is 1.46 bits per heavy atom. The maximum absolute atomic E-state index is 12.1. The maximum atomic E-state index is 12.1. The molecule has 0 aliphatic carbocycles. The van der Waals surface area contributed by atoms with Gasteiger partial charge in [-0.15, -0.1) is 0 Å². The molecule has 2 rings (SSSR count). The van der Waals surface area contributed by atoms with E-state index in [4.69, 9.17) is 4.52 Å². The maximum Gasteiger partial charge on any atom is 0.225 e. The third-order valence-electron chi connectivity index (χ3n) is 4.41. The molecule has 1 aliphatic rings. The monoisotopic (exact) mass is 335 g/mol. The van der Waals surface area contributed by atoms with Crippen molar-refractivity contribution < 1.29 is 9.32 Å². The summed E-state index contributed by atoms with van der Waals surface area (Å²) in [5, 5.41) is 10.7. The summed E-state index contributed by atoms with van der Waals surface area (Å²) in [6, 6.07) is 0.248. The molecule has 0 bridgehead atoms. The molecule has 2 N–H and O–H groups in total. The quantitative estimate of drug-likeness (QED) is 0.625. The molecule has 1 amide bonds. The number of likely N-dealkylation sites (tertiary alicyclic amines) is 1. The molecular formula is C17H29N5O2. The van der Waals surface area contributed by atoms with Gasteiger partial charge in [-0.3, -0.25) is 9.79 Å². The lowest BCUT2D eigenvalue weighted by atomic mass is 10.1. The zero-order valence-corrected chi connectivity index (χ0v) is 15.3.